The van der Waals surface area contributed by atoms with Crippen molar-refractivity contribution in [3.63, 3.8) is 0 Å². The molecule has 0 atom stereocenters. The van der Waals surface area contributed by atoms with E-state index in [2.05, 4.69) is 5.32 Å². The molecule has 0 saturated heterocycles. The zero-order valence-corrected chi connectivity index (χ0v) is 18.6. The molecule has 1 heterocycles. The van der Waals surface area contributed by atoms with E-state index in [1.54, 1.807) is 48.5 Å². The minimum Gasteiger partial charge on any atom is -0.494 e. The highest BCUT2D eigenvalue weighted by Crippen LogP contribution is 2.16. The highest BCUT2D eigenvalue weighted by atomic mass is 16.5. The molecule has 0 fully saturated rings. The third-order valence-electron chi connectivity index (χ3n) is 5.34. The number of aryl methyl sites for hydroxylation is 1. The Morgan fingerprint density at radius 3 is 2.30 bits per heavy atom. The number of benzene rings is 3. The number of carbonyl (C=O) groups is 1. The Kier molecular flexibility index (Phi) is 6.40. The number of amides is 1. The topological polar surface area (TPSA) is 82.3 Å². The summed E-state index contributed by atoms with van der Waals surface area (Å²) in [5.74, 6) is 0.341. The Bertz CT molecular complexity index is 1400. The summed E-state index contributed by atoms with van der Waals surface area (Å²) in [5, 5.41) is 3.19. The van der Waals surface area contributed by atoms with Crippen LogP contribution in [0.3, 0.4) is 0 Å². The van der Waals surface area contributed by atoms with Crippen molar-refractivity contribution < 1.29 is 9.53 Å². The van der Waals surface area contributed by atoms with Gasteiger partial charge >= 0.3 is 5.69 Å². The molecule has 1 aromatic heterocycles. The normalized spacial score (nSPS) is 10.8. The summed E-state index contributed by atoms with van der Waals surface area (Å²) < 4.78 is 7.93. The fraction of sp³-hybridized carbons (Fsp3) is 0.192. The summed E-state index contributed by atoms with van der Waals surface area (Å²) in [5.41, 5.74) is 2.04. The molecular formula is C26H25N3O4. The van der Waals surface area contributed by atoms with E-state index >= 15 is 0 Å². The van der Waals surface area contributed by atoms with E-state index in [1.165, 1.54) is 9.13 Å². The summed E-state index contributed by atoms with van der Waals surface area (Å²) in [7, 11) is 0. The smallest absolute Gasteiger partial charge is 0.332 e. The first-order valence-corrected chi connectivity index (χ1v) is 10.8. The molecule has 0 unspecified atom stereocenters. The maximum absolute atomic E-state index is 13.3. The van der Waals surface area contributed by atoms with E-state index < -0.39 is 5.69 Å². The van der Waals surface area contributed by atoms with Crippen LogP contribution in [0.4, 0.5) is 5.69 Å². The number of nitrogens with zero attached hydrogens (tertiary/aromatic N) is 2. The van der Waals surface area contributed by atoms with Gasteiger partial charge in [-0.2, -0.15) is 0 Å². The average molecular weight is 444 g/mol. The molecule has 1 N–H and O–H groups in total. The second-order valence-electron chi connectivity index (χ2n) is 7.77. The van der Waals surface area contributed by atoms with Crippen molar-refractivity contribution in [1.82, 2.24) is 9.13 Å². The Hall–Kier alpha value is -4.13. The van der Waals surface area contributed by atoms with Crippen LogP contribution in [0.5, 0.6) is 5.75 Å². The third kappa shape index (κ3) is 4.87. The lowest BCUT2D eigenvalue weighted by atomic mass is 10.1. The SMILES string of the molecule is CCOc1ccc(NC(=O)Cn2c(=O)n(Cc3ccc(C)cc3)c(=O)c3ccccc32)cc1. The van der Waals surface area contributed by atoms with Gasteiger partial charge in [0.25, 0.3) is 5.56 Å². The minimum absolute atomic E-state index is 0.128. The predicted molar refractivity (Wildman–Crippen MR) is 129 cm³/mol. The van der Waals surface area contributed by atoms with Gasteiger partial charge in [-0.3, -0.25) is 18.7 Å². The summed E-state index contributed by atoms with van der Waals surface area (Å²) >= 11 is 0. The van der Waals surface area contributed by atoms with Gasteiger partial charge in [0.15, 0.2) is 0 Å². The van der Waals surface area contributed by atoms with Crippen LogP contribution in [-0.4, -0.2) is 21.6 Å². The Balaban J connectivity index is 1.67. The van der Waals surface area contributed by atoms with Crippen molar-refractivity contribution in [3.8, 4) is 5.75 Å². The lowest BCUT2D eigenvalue weighted by molar-refractivity contribution is -0.116. The second-order valence-corrected chi connectivity index (χ2v) is 7.77. The average Bonchev–Trinajstić information content (AvgIpc) is 2.82. The highest BCUT2D eigenvalue weighted by molar-refractivity contribution is 5.91. The van der Waals surface area contributed by atoms with E-state index in [1.807, 2.05) is 38.1 Å². The molecule has 1 amide bonds. The zero-order chi connectivity index (χ0) is 23.4. The largest absolute Gasteiger partial charge is 0.494 e. The van der Waals surface area contributed by atoms with E-state index in [0.717, 1.165) is 11.1 Å². The summed E-state index contributed by atoms with van der Waals surface area (Å²) in [4.78, 5) is 39.2. The monoisotopic (exact) mass is 443 g/mol. The molecule has 0 bridgehead atoms. The maximum Gasteiger partial charge on any atom is 0.332 e. The third-order valence-corrected chi connectivity index (χ3v) is 5.34. The van der Waals surface area contributed by atoms with Crippen molar-refractivity contribution in [3.05, 3.63) is 105 Å². The standard InChI is InChI=1S/C26H25N3O4/c1-3-33-21-14-12-20(13-15-21)27-24(30)17-28-23-7-5-4-6-22(23)25(31)29(26(28)32)16-19-10-8-18(2)9-11-19/h4-15H,3,16-17H2,1-2H3,(H,27,30). The fourth-order valence-electron chi connectivity index (χ4n) is 3.68. The molecule has 3 aromatic carbocycles. The van der Waals surface area contributed by atoms with Crippen molar-refractivity contribution in [2.45, 2.75) is 26.9 Å². The highest BCUT2D eigenvalue weighted by Gasteiger charge is 2.16. The van der Waals surface area contributed by atoms with Crippen LogP contribution in [0.2, 0.25) is 0 Å². The first-order chi connectivity index (χ1) is 16.0. The number of fused-ring (bicyclic) bond motifs is 1. The number of para-hydroxylation sites is 1. The number of carbonyl (C=O) groups excluding carboxylic acids is 1. The number of anilines is 1. The van der Waals surface area contributed by atoms with E-state index in [4.69, 9.17) is 4.74 Å². The predicted octanol–water partition coefficient (Wildman–Crippen LogP) is 3.56. The van der Waals surface area contributed by atoms with Gasteiger partial charge in [0.2, 0.25) is 5.91 Å². The number of ether oxygens (including phenoxy) is 1. The van der Waals surface area contributed by atoms with E-state index in [0.29, 0.717) is 28.9 Å². The van der Waals surface area contributed by atoms with Crippen molar-refractivity contribution in [1.29, 1.82) is 0 Å². The first kappa shape index (κ1) is 22.1. The summed E-state index contributed by atoms with van der Waals surface area (Å²) in [6, 6.07) is 21.5. The molecule has 0 aliphatic carbocycles. The maximum atomic E-state index is 13.3. The molecule has 33 heavy (non-hydrogen) atoms. The van der Waals surface area contributed by atoms with Gasteiger partial charge < -0.3 is 10.1 Å². The van der Waals surface area contributed by atoms with Crippen molar-refractivity contribution in [2.75, 3.05) is 11.9 Å². The van der Waals surface area contributed by atoms with Crippen LogP contribution in [0.25, 0.3) is 10.9 Å². The van der Waals surface area contributed by atoms with Crippen LogP contribution in [0.15, 0.2) is 82.4 Å². The Morgan fingerprint density at radius 2 is 1.61 bits per heavy atom. The van der Waals surface area contributed by atoms with Gasteiger partial charge in [0.1, 0.15) is 12.3 Å². The number of hydrogen-bond donors (Lipinski definition) is 1. The molecule has 4 rings (SSSR count). The van der Waals surface area contributed by atoms with Crippen molar-refractivity contribution >= 4 is 22.5 Å². The van der Waals surface area contributed by atoms with Crippen LogP contribution in [-0.2, 0) is 17.9 Å². The first-order valence-electron chi connectivity index (χ1n) is 10.8. The zero-order valence-electron chi connectivity index (χ0n) is 18.6. The van der Waals surface area contributed by atoms with Gasteiger partial charge in [-0.05, 0) is 55.8 Å². The lowest BCUT2D eigenvalue weighted by Crippen LogP contribution is -2.42. The molecule has 168 valence electrons. The minimum atomic E-state index is -0.527. The molecule has 0 aliphatic heterocycles. The fourth-order valence-corrected chi connectivity index (χ4v) is 3.68. The molecule has 7 heteroatoms. The Labute approximate surface area is 190 Å². The summed E-state index contributed by atoms with van der Waals surface area (Å²) in [6.07, 6.45) is 0. The molecule has 0 aliphatic rings. The molecule has 0 saturated carbocycles. The second kappa shape index (κ2) is 9.56. The van der Waals surface area contributed by atoms with Gasteiger partial charge in [-0.1, -0.05) is 42.0 Å². The molecule has 4 aromatic rings. The Morgan fingerprint density at radius 1 is 0.909 bits per heavy atom. The number of hydrogen-bond acceptors (Lipinski definition) is 4. The number of aromatic nitrogens is 2. The van der Waals surface area contributed by atoms with Crippen LogP contribution >= 0.6 is 0 Å². The molecule has 0 radical (unpaired) electrons. The van der Waals surface area contributed by atoms with Crippen molar-refractivity contribution in [2.24, 2.45) is 0 Å². The molecule has 7 nitrogen and oxygen atoms in total. The summed E-state index contributed by atoms with van der Waals surface area (Å²) in [6.45, 7) is 4.34. The molecule has 0 spiro atoms. The van der Waals surface area contributed by atoms with Gasteiger partial charge in [-0.15, -0.1) is 0 Å². The van der Waals surface area contributed by atoms with E-state index in [-0.39, 0.29) is 24.6 Å². The quantitative estimate of drug-likeness (QED) is 0.474. The molecular weight excluding hydrogens is 418 g/mol. The van der Waals surface area contributed by atoms with Gasteiger partial charge in [0, 0.05) is 5.69 Å². The van der Waals surface area contributed by atoms with Crippen LogP contribution < -0.4 is 21.3 Å². The van der Waals surface area contributed by atoms with Crippen LogP contribution in [0, 0.1) is 6.92 Å². The van der Waals surface area contributed by atoms with Gasteiger partial charge in [0.05, 0.1) is 24.1 Å². The van der Waals surface area contributed by atoms with Gasteiger partial charge in [-0.25, -0.2) is 4.79 Å². The van der Waals surface area contributed by atoms with Crippen LogP contribution in [0.1, 0.15) is 18.1 Å². The van der Waals surface area contributed by atoms with E-state index in [9.17, 15) is 14.4 Å². The lowest BCUT2D eigenvalue weighted by Gasteiger charge is -2.14. The number of rotatable bonds is 7. The number of nitrogens with one attached hydrogen (secondary N) is 1.